The van der Waals surface area contributed by atoms with Crippen LogP contribution in [0.3, 0.4) is 0 Å². The molecule has 3 rings (SSSR count). The number of benzene rings is 2. The number of nitrogens with zero attached hydrogens (tertiary/aromatic N) is 1. The maximum Gasteiger partial charge on any atom is 0.213 e. The van der Waals surface area contributed by atoms with Crippen molar-refractivity contribution in [1.29, 1.82) is 0 Å². The van der Waals surface area contributed by atoms with E-state index in [1.165, 1.54) is 0 Å². The Morgan fingerprint density at radius 1 is 0.923 bits per heavy atom. The molecule has 0 spiro atoms. The number of ketones is 1. The van der Waals surface area contributed by atoms with E-state index in [0.717, 1.165) is 16.7 Å². The molecule has 5 heteroatoms. The molecule has 0 amide bonds. The summed E-state index contributed by atoms with van der Waals surface area (Å²) in [4.78, 5) is 16.6. The molecule has 0 aliphatic heterocycles. The second-order valence-electron chi connectivity index (χ2n) is 5.78. The Bertz CT molecular complexity index is 853. The number of carbonyl (C=O) groups excluding carboxylic acids is 1. The van der Waals surface area contributed by atoms with Crippen molar-refractivity contribution in [1.82, 2.24) is 4.98 Å². The molecule has 0 aliphatic carbocycles. The summed E-state index contributed by atoms with van der Waals surface area (Å²) in [6.07, 6.45) is 2.07. The highest BCUT2D eigenvalue weighted by atomic mass is 35.5. The van der Waals surface area contributed by atoms with Crippen molar-refractivity contribution in [2.24, 2.45) is 5.73 Å². The lowest BCUT2D eigenvalue weighted by Gasteiger charge is -2.08. The number of Topliss-reactive ketones (excluding diaryl/α,β-unsaturated/α-hetero) is 1. The number of halogens is 1. The van der Waals surface area contributed by atoms with E-state index in [1.54, 1.807) is 6.20 Å². The van der Waals surface area contributed by atoms with Gasteiger partial charge in [0.25, 0.3) is 0 Å². The van der Waals surface area contributed by atoms with Gasteiger partial charge in [-0.2, -0.15) is 0 Å². The van der Waals surface area contributed by atoms with Crippen LogP contribution in [0.4, 0.5) is 0 Å². The van der Waals surface area contributed by atoms with Gasteiger partial charge in [-0.25, -0.2) is 4.98 Å². The molecule has 2 N–H and O–H groups in total. The molecule has 26 heavy (non-hydrogen) atoms. The molecule has 1 heterocycles. The van der Waals surface area contributed by atoms with Gasteiger partial charge < -0.3 is 10.5 Å². The summed E-state index contributed by atoms with van der Waals surface area (Å²) in [5, 5.41) is 0. The SMILES string of the molecule is Cl.NCc1ccnc(OCc2cccc(C(=O)Cc3ccccc3)c2)c1. The van der Waals surface area contributed by atoms with Crippen LogP contribution in [0.25, 0.3) is 0 Å². The summed E-state index contributed by atoms with van der Waals surface area (Å²) >= 11 is 0. The second kappa shape index (κ2) is 9.70. The van der Waals surface area contributed by atoms with Gasteiger partial charge in [-0.3, -0.25) is 4.79 Å². The topological polar surface area (TPSA) is 65.2 Å². The van der Waals surface area contributed by atoms with Gasteiger partial charge in [0.1, 0.15) is 6.61 Å². The van der Waals surface area contributed by atoms with E-state index in [0.29, 0.717) is 31.0 Å². The normalized spacial score (nSPS) is 10.0. The van der Waals surface area contributed by atoms with Crippen LogP contribution < -0.4 is 10.5 Å². The van der Waals surface area contributed by atoms with Gasteiger partial charge in [0.05, 0.1) is 0 Å². The summed E-state index contributed by atoms with van der Waals surface area (Å²) in [6, 6.07) is 20.9. The number of aromatic nitrogens is 1. The Kier molecular flexibility index (Phi) is 7.33. The van der Waals surface area contributed by atoms with Crippen LogP contribution in [-0.4, -0.2) is 10.8 Å². The first-order chi connectivity index (χ1) is 12.2. The van der Waals surface area contributed by atoms with Crippen molar-refractivity contribution in [3.63, 3.8) is 0 Å². The fourth-order valence-corrected chi connectivity index (χ4v) is 2.53. The predicted octanol–water partition coefficient (Wildman–Crippen LogP) is 3.97. The van der Waals surface area contributed by atoms with Crippen LogP contribution in [-0.2, 0) is 19.6 Å². The number of rotatable bonds is 7. The number of pyridine rings is 1. The zero-order valence-electron chi connectivity index (χ0n) is 14.3. The maximum absolute atomic E-state index is 12.5. The minimum absolute atomic E-state index is 0. The molecular formula is C21H21ClN2O2. The first kappa shape index (κ1) is 19.6. The van der Waals surface area contributed by atoms with Gasteiger partial charge in [-0.05, 0) is 28.8 Å². The van der Waals surface area contributed by atoms with E-state index < -0.39 is 0 Å². The number of ether oxygens (including phenoxy) is 1. The largest absolute Gasteiger partial charge is 0.473 e. The van der Waals surface area contributed by atoms with Crippen LogP contribution in [0, 0.1) is 0 Å². The lowest BCUT2D eigenvalue weighted by molar-refractivity contribution is 0.0993. The fourth-order valence-electron chi connectivity index (χ4n) is 2.53. The lowest BCUT2D eigenvalue weighted by atomic mass is 10.0. The van der Waals surface area contributed by atoms with Crippen molar-refractivity contribution >= 4 is 18.2 Å². The molecule has 0 bridgehead atoms. The highest BCUT2D eigenvalue weighted by molar-refractivity contribution is 5.97. The van der Waals surface area contributed by atoms with Gasteiger partial charge in [0.15, 0.2) is 5.78 Å². The lowest BCUT2D eigenvalue weighted by Crippen LogP contribution is -2.05. The standard InChI is InChI=1S/C21H20N2O2.ClH/c22-14-17-9-10-23-21(13-17)25-15-18-7-4-8-19(11-18)20(24)12-16-5-2-1-3-6-16;/h1-11,13H,12,14-15,22H2;1H. The number of hydrogen-bond acceptors (Lipinski definition) is 4. The third kappa shape index (κ3) is 5.41. The Labute approximate surface area is 159 Å². The average Bonchev–Trinajstić information content (AvgIpc) is 2.67. The third-order valence-electron chi connectivity index (χ3n) is 3.88. The van der Waals surface area contributed by atoms with Crippen molar-refractivity contribution in [2.75, 3.05) is 0 Å². The smallest absolute Gasteiger partial charge is 0.213 e. The maximum atomic E-state index is 12.5. The summed E-state index contributed by atoms with van der Waals surface area (Å²) in [6.45, 7) is 0.801. The molecule has 0 radical (unpaired) electrons. The van der Waals surface area contributed by atoms with Gasteiger partial charge in [-0.1, -0.05) is 48.5 Å². The van der Waals surface area contributed by atoms with Crippen molar-refractivity contribution in [2.45, 2.75) is 19.6 Å². The summed E-state index contributed by atoms with van der Waals surface area (Å²) in [5.41, 5.74) is 9.22. The van der Waals surface area contributed by atoms with E-state index >= 15 is 0 Å². The molecule has 1 aromatic heterocycles. The molecular weight excluding hydrogens is 348 g/mol. The van der Waals surface area contributed by atoms with E-state index in [9.17, 15) is 4.79 Å². The van der Waals surface area contributed by atoms with Crippen molar-refractivity contribution in [3.8, 4) is 5.88 Å². The fraction of sp³-hybridized carbons (Fsp3) is 0.143. The Morgan fingerprint density at radius 3 is 2.46 bits per heavy atom. The van der Waals surface area contributed by atoms with Crippen LogP contribution in [0.1, 0.15) is 27.0 Å². The third-order valence-corrected chi connectivity index (χ3v) is 3.88. The van der Waals surface area contributed by atoms with Crippen LogP contribution >= 0.6 is 12.4 Å². The van der Waals surface area contributed by atoms with Gasteiger partial charge in [0.2, 0.25) is 5.88 Å². The quantitative estimate of drug-likeness (QED) is 0.641. The number of nitrogens with two attached hydrogens (primary N) is 1. The molecule has 0 aliphatic rings. The van der Waals surface area contributed by atoms with Gasteiger partial charge in [-0.15, -0.1) is 12.4 Å². The monoisotopic (exact) mass is 368 g/mol. The second-order valence-corrected chi connectivity index (χ2v) is 5.78. The summed E-state index contributed by atoms with van der Waals surface area (Å²) < 4.78 is 5.71. The molecule has 0 atom stereocenters. The highest BCUT2D eigenvalue weighted by Gasteiger charge is 2.08. The average molecular weight is 369 g/mol. The first-order valence-electron chi connectivity index (χ1n) is 8.18. The Balaban J connectivity index is 0.00000243. The number of carbonyl (C=O) groups is 1. The van der Waals surface area contributed by atoms with Crippen molar-refractivity contribution in [3.05, 3.63) is 95.2 Å². The van der Waals surface area contributed by atoms with Crippen molar-refractivity contribution < 1.29 is 9.53 Å². The van der Waals surface area contributed by atoms with E-state index in [2.05, 4.69) is 4.98 Å². The molecule has 4 nitrogen and oxygen atoms in total. The summed E-state index contributed by atoms with van der Waals surface area (Å²) in [7, 11) is 0. The minimum atomic E-state index is 0. The molecule has 134 valence electrons. The van der Waals surface area contributed by atoms with E-state index in [-0.39, 0.29) is 18.2 Å². The van der Waals surface area contributed by atoms with Gasteiger partial charge in [0, 0.05) is 30.8 Å². The van der Waals surface area contributed by atoms with Crippen LogP contribution in [0.2, 0.25) is 0 Å². The molecule has 2 aromatic carbocycles. The molecule has 3 aromatic rings. The minimum Gasteiger partial charge on any atom is -0.473 e. The highest BCUT2D eigenvalue weighted by Crippen LogP contribution is 2.14. The zero-order valence-corrected chi connectivity index (χ0v) is 15.1. The predicted molar refractivity (Wildman–Crippen MR) is 105 cm³/mol. The Hall–Kier alpha value is -2.69. The molecule has 0 saturated carbocycles. The number of hydrogen-bond donors (Lipinski definition) is 1. The summed E-state index contributed by atoms with van der Waals surface area (Å²) in [5.74, 6) is 0.625. The van der Waals surface area contributed by atoms with E-state index in [1.807, 2.05) is 66.7 Å². The van der Waals surface area contributed by atoms with Crippen LogP contribution in [0.15, 0.2) is 72.9 Å². The zero-order chi connectivity index (χ0) is 17.5. The van der Waals surface area contributed by atoms with Crippen LogP contribution in [0.5, 0.6) is 5.88 Å². The van der Waals surface area contributed by atoms with E-state index in [4.69, 9.17) is 10.5 Å². The molecule has 0 fully saturated rings. The molecule has 0 saturated heterocycles. The first-order valence-corrected chi connectivity index (χ1v) is 8.18. The Morgan fingerprint density at radius 2 is 1.69 bits per heavy atom. The molecule has 0 unspecified atom stereocenters. The van der Waals surface area contributed by atoms with Gasteiger partial charge >= 0.3 is 0 Å².